The van der Waals surface area contributed by atoms with Gasteiger partial charge in [0.15, 0.2) is 6.23 Å². The summed E-state index contributed by atoms with van der Waals surface area (Å²) >= 11 is 0. The smallest absolute Gasteiger partial charge is 0.415 e. The van der Waals surface area contributed by atoms with Gasteiger partial charge < -0.3 is 4.74 Å². The Morgan fingerprint density at radius 2 is 1.88 bits per heavy atom. The molecule has 0 saturated carbocycles. The van der Waals surface area contributed by atoms with Crippen LogP contribution in [-0.2, 0) is 4.74 Å². The molecular weight excluding hydrogens is 326 g/mol. The van der Waals surface area contributed by atoms with Gasteiger partial charge in [-0.25, -0.2) is 13.6 Å². The molecule has 2 aromatic carbocycles. The molecule has 1 atom stereocenters. The van der Waals surface area contributed by atoms with Crippen LogP contribution in [0.3, 0.4) is 0 Å². The zero-order chi connectivity index (χ0) is 18.0. The first-order valence-electron chi connectivity index (χ1n) is 8.16. The average Bonchev–Trinajstić information content (AvgIpc) is 2.98. The summed E-state index contributed by atoms with van der Waals surface area (Å²) in [5.41, 5.74) is 1.45. The van der Waals surface area contributed by atoms with Crippen molar-refractivity contribution in [3.8, 4) is 11.1 Å². The van der Waals surface area contributed by atoms with Crippen molar-refractivity contribution in [1.82, 2.24) is 4.90 Å². The number of carbonyl (C=O) groups excluding carboxylic acids is 1. The van der Waals surface area contributed by atoms with Crippen molar-refractivity contribution < 1.29 is 18.3 Å². The van der Waals surface area contributed by atoms with Crippen molar-refractivity contribution in [2.75, 3.05) is 25.5 Å². The highest BCUT2D eigenvalue weighted by Gasteiger charge is 2.27. The van der Waals surface area contributed by atoms with Crippen LogP contribution in [0.5, 0.6) is 0 Å². The fourth-order valence-electron chi connectivity index (χ4n) is 3.04. The lowest BCUT2D eigenvalue weighted by Gasteiger charge is -2.25. The standard InChI is InChI=1S/C19H20F2N2O2/c1-22-9-5-8-18(22)25-19(24)23(2)17-7-4-3-6-16(17)13-10-14(20)12-15(21)11-13/h3-4,6-7,10-12,18H,5,8-9H2,1-2H3/t18-/m0/s1. The number of halogens is 2. The Morgan fingerprint density at radius 1 is 1.20 bits per heavy atom. The summed E-state index contributed by atoms with van der Waals surface area (Å²) in [6, 6.07) is 10.3. The highest BCUT2D eigenvalue weighted by atomic mass is 19.1. The largest absolute Gasteiger partial charge is 0.430 e. The van der Waals surface area contributed by atoms with Gasteiger partial charge in [-0.3, -0.25) is 9.80 Å². The third-order valence-corrected chi connectivity index (χ3v) is 4.40. The van der Waals surface area contributed by atoms with E-state index >= 15 is 0 Å². The van der Waals surface area contributed by atoms with Gasteiger partial charge in [0.2, 0.25) is 0 Å². The molecule has 0 spiro atoms. The fourth-order valence-corrected chi connectivity index (χ4v) is 3.04. The maximum Gasteiger partial charge on any atom is 0.415 e. The van der Waals surface area contributed by atoms with E-state index in [-0.39, 0.29) is 6.23 Å². The van der Waals surface area contributed by atoms with Gasteiger partial charge >= 0.3 is 6.09 Å². The zero-order valence-electron chi connectivity index (χ0n) is 14.2. The Hall–Kier alpha value is -2.47. The van der Waals surface area contributed by atoms with Gasteiger partial charge in [0.1, 0.15) is 11.6 Å². The van der Waals surface area contributed by atoms with E-state index in [2.05, 4.69) is 0 Å². The Labute approximate surface area is 145 Å². The fraction of sp³-hybridized carbons (Fsp3) is 0.316. The summed E-state index contributed by atoms with van der Waals surface area (Å²) in [6.45, 7) is 0.890. The van der Waals surface area contributed by atoms with E-state index in [1.54, 1.807) is 31.3 Å². The first-order valence-corrected chi connectivity index (χ1v) is 8.16. The van der Waals surface area contributed by atoms with Crippen LogP contribution < -0.4 is 4.90 Å². The molecule has 4 nitrogen and oxygen atoms in total. The summed E-state index contributed by atoms with van der Waals surface area (Å²) in [5.74, 6) is -1.33. The molecule has 1 aliphatic heterocycles. The number of rotatable bonds is 3. The summed E-state index contributed by atoms with van der Waals surface area (Å²) in [6.07, 6.45) is 1.04. The molecular formula is C19H20F2N2O2. The highest BCUT2D eigenvalue weighted by Crippen LogP contribution is 2.32. The monoisotopic (exact) mass is 346 g/mol. The third-order valence-electron chi connectivity index (χ3n) is 4.40. The number of ether oxygens (including phenoxy) is 1. The predicted octanol–water partition coefficient (Wildman–Crippen LogP) is 4.26. The number of amides is 1. The van der Waals surface area contributed by atoms with Crippen LogP contribution in [-0.4, -0.2) is 37.9 Å². The minimum absolute atomic E-state index is 0.242. The first-order chi connectivity index (χ1) is 12.0. The van der Waals surface area contributed by atoms with Crippen molar-refractivity contribution >= 4 is 11.8 Å². The summed E-state index contributed by atoms with van der Waals surface area (Å²) in [4.78, 5) is 15.8. The van der Waals surface area contributed by atoms with Crippen LogP contribution >= 0.6 is 0 Å². The molecule has 1 fully saturated rings. The van der Waals surface area contributed by atoms with E-state index in [0.717, 1.165) is 25.5 Å². The molecule has 0 N–H and O–H groups in total. The Morgan fingerprint density at radius 3 is 2.52 bits per heavy atom. The molecule has 0 unspecified atom stereocenters. The van der Waals surface area contributed by atoms with E-state index in [1.165, 1.54) is 17.0 Å². The van der Waals surface area contributed by atoms with Gasteiger partial charge in [-0.15, -0.1) is 0 Å². The molecule has 0 aliphatic carbocycles. The summed E-state index contributed by atoms with van der Waals surface area (Å²) in [5, 5.41) is 0. The number of para-hydroxylation sites is 1. The quantitative estimate of drug-likeness (QED) is 0.833. The lowest BCUT2D eigenvalue weighted by molar-refractivity contribution is 0.0315. The number of anilines is 1. The second-order valence-corrected chi connectivity index (χ2v) is 6.20. The molecule has 0 aromatic heterocycles. The lowest BCUT2D eigenvalue weighted by Crippen LogP contribution is -2.36. The van der Waals surface area contributed by atoms with Gasteiger partial charge in [0.25, 0.3) is 0 Å². The Bertz CT molecular complexity index is 762. The number of nitrogens with zero attached hydrogens (tertiary/aromatic N) is 2. The molecule has 1 aliphatic rings. The summed E-state index contributed by atoms with van der Waals surface area (Å²) in [7, 11) is 3.50. The number of benzene rings is 2. The van der Waals surface area contributed by atoms with E-state index in [4.69, 9.17) is 4.74 Å². The highest BCUT2D eigenvalue weighted by molar-refractivity contribution is 5.93. The van der Waals surface area contributed by atoms with E-state index in [9.17, 15) is 13.6 Å². The van der Waals surface area contributed by atoms with Crippen molar-refractivity contribution in [1.29, 1.82) is 0 Å². The molecule has 1 heterocycles. The first kappa shape index (κ1) is 17.4. The topological polar surface area (TPSA) is 32.8 Å². The molecule has 1 saturated heterocycles. The van der Waals surface area contributed by atoms with Crippen molar-refractivity contribution in [2.45, 2.75) is 19.1 Å². The molecule has 1 amide bonds. The maximum absolute atomic E-state index is 13.6. The van der Waals surface area contributed by atoms with Gasteiger partial charge in [-0.05, 0) is 43.7 Å². The molecule has 0 radical (unpaired) electrons. The van der Waals surface area contributed by atoms with Crippen molar-refractivity contribution in [2.24, 2.45) is 0 Å². The van der Waals surface area contributed by atoms with E-state index in [0.29, 0.717) is 16.8 Å². The normalized spacial score (nSPS) is 17.5. The number of likely N-dealkylation sites (tertiary alicyclic amines) is 1. The summed E-state index contributed by atoms with van der Waals surface area (Å²) < 4.78 is 32.7. The lowest BCUT2D eigenvalue weighted by atomic mass is 10.0. The number of carbonyl (C=O) groups is 1. The van der Waals surface area contributed by atoms with Gasteiger partial charge in [0, 0.05) is 25.2 Å². The van der Waals surface area contributed by atoms with Crippen LogP contribution in [0.2, 0.25) is 0 Å². The van der Waals surface area contributed by atoms with Gasteiger partial charge in [0.05, 0.1) is 5.69 Å². The molecule has 132 valence electrons. The van der Waals surface area contributed by atoms with Gasteiger partial charge in [-0.2, -0.15) is 0 Å². The average molecular weight is 346 g/mol. The second kappa shape index (κ2) is 7.19. The molecule has 6 heteroatoms. The van der Waals surface area contributed by atoms with Crippen LogP contribution in [0.15, 0.2) is 42.5 Å². The van der Waals surface area contributed by atoms with Crippen molar-refractivity contribution in [3.05, 3.63) is 54.1 Å². The van der Waals surface area contributed by atoms with E-state index < -0.39 is 17.7 Å². The predicted molar refractivity (Wildman–Crippen MR) is 92.3 cm³/mol. The minimum atomic E-state index is -0.664. The third kappa shape index (κ3) is 3.79. The van der Waals surface area contributed by atoms with Gasteiger partial charge in [-0.1, -0.05) is 18.2 Å². The molecule has 0 bridgehead atoms. The Kier molecular flexibility index (Phi) is 4.99. The molecule has 25 heavy (non-hydrogen) atoms. The number of hydrogen-bond donors (Lipinski definition) is 0. The Balaban J connectivity index is 1.88. The SMILES string of the molecule is CN(C(=O)O[C@H]1CCCN1C)c1ccccc1-c1cc(F)cc(F)c1. The number of hydrogen-bond acceptors (Lipinski definition) is 3. The zero-order valence-corrected chi connectivity index (χ0v) is 14.2. The molecule has 2 aromatic rings. The maximum atomic E-state index is 13.6. The van der Waals surface area contributed by atoms with Crippen LogP contribution in [0.25, 0.3) is 11.1 Å². The second-order valence-electron chi connectivity index (χ2n) is 6.20. The van der Waals surface area contributed by atoms with Crippen LogP contribution in [0, 0.1) is 11.6 Å². The molecule has 3 rings (SSSR count). The minimum Gasteiger partial charge on any atom is -0.430 e. The van der Waals surface area contributed by atoms with E-state index in [1.807, 2.05) is 11.9 Å². The van der Waals surface area contributed by atoms with Crippen molar-refractivity contribution in [3.63, 3.8) is 0 Å². The van der Waals surface area contributed by atoms with Crippen LogP contribution in [0.1, 0.15) is 12.8 Å². The van der Waals surface area contributed by atoms with Crippen LogP contribution in [0.4, 0.5) is 19.3 Å².